The van der Waals surface area contributed by atoms with Crippen molar-refractivity contribution in [1.29, 1.82) is 0 Å². The number of aromatic nitrogens is 7. The molecule has 0 fully saturated rings. The smallest absolute Gasteiger partial charge is 0.274 e. The zero-order valence-electron chi connectivity index (χ0n) is 17.6. The van der Waals surface area contributed by atoms with Crippen molar-refractivity contribution in [3.05, 3.63) is 70.4 Å². The maximum atomic E-state index is 12.8. The summed E-state index contributed by atoms with van der Waals surface area (Å²) in [6, 6.07) is 16.2. The summed E-state index contributed by atoms with van der Waals surface area (Å²) >= 11 is 0. The van der Waals surface area contributed by atoms with E-state index in [9.17, 15) is 4.79 Å². The van der Waals surface area contributed by atoms with E-state index in [2.05, 4.69) is 51.7 Å². The summed E-state index contributed by atoms with van der Waals surface area (Å²) in [5.41, 5.74) is 4.01. The molecule has 4 rings (SSSR count). The molecule has 0 radical (unpaired) electrons. The molecule has 0 aliphatic carbocycles. The summed E-state index contributed by atoms with van der Waals surface area (Å²) in [6.45, 7) is 8.55. The van der Waals surface area contributed by atoms with Crippen molar-refractivity contribution in [3.63, 3.8) is 0 Å². The van der Waals surface area contributed by atoms with E-state index in [1.54, 1.807) is 9.25 Å². The Hall–Kier alpha value is -3.55. The van der Waals surface area contributed by atoms with Gasteiger partial charge in [0, 0.05) is 11.5 Å². The first-order valence-corrected chi connectivity index (χ1v) is 10.1. The average molecular weight is 403 g/mol. The highest BCUT2D eigenvalue weighted by atomic mass is 16.2. The van der Waals surface area contributed by atoms with Crippen LogP contribution in [-0.4, -0.2) is 35.0 Å². The molecule has 0 aliphatic rings. The van der Waals surface area contributed by atoms with Crippen LogP contribution >= 0.6 is 0 Å². The number of hydrogen-bond acceptors (Lipinski definition) is 5. The fourth-order valence-corrected chi connectivity index (χ4v) is 3.53. The highest BCUT2D eigenvalue weighted by Gasteiger charge is 2.18. The summed E-state index contributed by atoms with van der Waals surface area (Å²) in [7, 11) is 0. The molecule has 8 nitrogen and oxygen atoms in total. The third kappa shape index (κ3) is 3.68. The van der Waals surface area contributed by atoms with Crippen LogP contribution in [-0.2, 0) is 6.54 Å². The Kier molecular flexibility index (Phi) is 5.31. The van der Waals surface area contributed by atoms with Crippen molar-refractivity contribution in [2.45, 2.75) is 46.2 Å². The van der Waals surface area contributed by atoms with Gasteiger partial charge < -0.3 is 0 Å². The molecule has 0 aliphatic heterocycles. The molecule has 0 spiro atoms. The van der Waals surface area contributed by atoms with Gasteiger partial charge in [-0.05, 0) is 41.0 Å². The predicted octanol–water partition coefficient (Wildman–Crippen LogP) is 3.64. The lowest BCUT2D eigenvalue weighted by atomic mass is 9.98. The van der Waals surface area contributed by atoms with E-state index in [1.165, 1.54) is 0 Å². The van der Waals surface area contributed by atoms with Gasteiger partial charge in [-0.15, -0.1) is 5.10 Å². The van der Waals surface area contributed by atoms with Gasteiger partial charge in [0.15, 0.2) is 5.82 Å². The van der Waals surface area contributed by atoms with E-state index in [0.717, 1.165) is 28.1 Å². The first-order valence-electron chi connectivity index (χ1n) is 10.1. The van der Waals surface area contributed by atoms with Crippen LogP contribution in [0.3, 0.4) is 0 Å². The lowest BCUT2D eigenvalue weighted by Crippen LogP contribution is -2.27. The zero-order chi connectivity index (χ0) is 21.3. The van der Waals surface area contributed by atoms with Gasteiger partial charge in [0.25, 0.3) is 0 Å². The first kappa shape index (κ1) is 19.8. The number of nitrogens with one attached hydrogen (secondary N) is 1. The van der Waals surface area contributed by atoms with Gasteiger partial charge in [0.2, 0.25) is 0 Å². The summed E-state index contributed by atoms with van der Waals surface area (Å²) in [4.78, 5) is 12.8. The highest BCUT2D eigenvalue weighted by molar-refractivity contribution is 5.80. The Bertz CT molecular complexity index is 1190. The molecule has 154 valence electrons. The number of aromatic amines is 1. The molecule has 4 aromatic rings. The second kappa shape index (κ2) is 8.06. The van der Waals surface area contributed by atoms with Crippen LogP contribution in [0.25, 0.3) is 22.5 Å². The Labute approximate surface area is 174 Å². The fraction of sp³-hybridized carbons (Fsp3) is 0.318. The lowest BCUT2D eigenvalue weighted by molar-refractivity contribution is 0.504. The molecule has 0 atom stereocenters. The van der Waals surface area contributed by atoms with Crippen molar-refractivity contribution < 1.29 is 0 Å². The number of H-pyrrole nitrogens is 1. The minimum atomic E-state index is -0.0686. The van der Waals surface area contributed by atoms with Gasteiger partial charge in [-0.1, -0.05) is 62.4 Å². The fourth-order valence-electron chi connectivity index (χ4n) is 3.53. The van der Waals surface area contributed by atoms with Gasteiger partial charge >= 0.3 is 5.69 Å². The number of hydrogen-bond donors (Lipinski definition) is 1. The standard InChI is InChI=1S/C22H25N7O/c1-14(2)21-25-29(15(3)4)22(30)28(21)13-16-9-11-17(12-10-16)18-7-5-6-8-19(18)20-23-26-27-24-20/h5-12,14-15H,13H2,1-4H3,(H,23,24,26,27). The van der Waals surface area contributed by atoms with Gasteiger partial charge in [0.05, 0.1) is 12.6 Å². The van der Waals surface area contributed by atoms with E-state index in [4.69, 9.17) is 0 Å². The Morgan fingerprint density at radius 2 is 1.67 bits per heavy atom. The molecule has 0 bridgehead atoms. The Balaban J connectivity index is 1.66. The van der Waals surface area contributed by atoms with Crippen molar-refractivity contribution in [1.82, 2.24) is 35.0 Å². The Morgan fingerprint density at radius 1 is 0.967 bits per heavy atom. The molecule has 30 heavy (non-hydrogen) atoms. The molecular formula is C22H25N7O. The maximum absolute atomic E-state index is 12.8. The predicted molar refractivity (Wildman–Crippen MR) is 115 cm³/mol. The monoisotopic (exact) mass is 403 g/mol. The second-order valence-corrected chi connectivity index (χ2v) is 7.91. The van der Waals surface area contributed by atoms with Gasteiger partial charge in [0.1, 0.15) is 5.82 Å². The topological polar surface area (TPSA) is 94.3 Å². The van der Waals surface area contributed by atoms with E-state index in [-0.39, 0.29) is 17.6 Å². The summed E-state index contributed by atoms with van der Waals surface area (Å²) in [5.74, 6) is 1.60. The van der Waals surface area contributed by atoms with Crippen LogP contribution in [0.15, 0.2) is 53.3 Å². The number of nitrogens with zero attached hydrogens (tertiary/aromatic N) is 6. The minimum absolute atomic E-state index is 0.0284. The first-order chi connectivity index (χ1) is 14.5. The zero-order valence-corrected chi connectivity index (χ0v) is 17.6. The number of rotatable bonds is 6. The van der Waals surface area contributed by atoms with Crippen LogP contribution in [0, 0.1) is 0 Å². The molecule has 0 unspecified atom stereocenters. The van der Waals surface area contributed by atoms with E-state index >= 15 is 0 Å². The lowest BCUT2D eigenvalue weighted by Gasteiger charge is -2.10. The third-order valence-electron chi connectivity index (χ3n) is 5.05. The third-order valence-corrected chi connectivity index (χ3v) is 5.05. The van der Waals surface area contributed by atoms with Crippen molar-refractivity contribution in [2.24, 2.45) is 0 Å². The molecule has 2 aromatic heterocycles. The number of benzene rings is 2. The summed E-state index contributed by atoms with van der Waals surface area (Å²) in [5, 5.41) is 18.8. The van der Waals surface area contributed by atoms with E-state index in [1.807, 2.05) is 50.2 Å². The molecule has 2 heterocycles. The van der Waals surface area contributed by atoms with Crippen LogP contribution in [0.1, 0.15) is 51.0 Å². The quantitative estimate of drug-likeness (QED) is 0.530. The normalized spacial score (nSPS) is 11.5. The van der Waals surface area contributed by atoms with Crippen molar-refractivity contribution >= 4 is 0 Å². The molecule has 8 heteroatoms. The second-order valence-electron chi connectivity index (χ2n) is 7.91. The van der Waals surface area contributed by atoms with Gasteiger partial charge in [-0.2, -0.15) is 5.10 Å². The van der Waals surface area contributed by atoms with Gasteiger partial charge in [-0.3, -0.25) is 4.57 Å². The SMILES string of the molecule is CC(C)c1nn(C(C)C)c(=O)n1Cc1ccc(-c2ccccc2-c2nnn[nH]2)cc1. The van der Waals surface area contributed by atoms with Crippen LogP contribution in [0.4, 0.5) is 0 Å². The number of tetrazole rings is 1. The summed E-state index contributed by atoms with van der Waals surface area (Å²) < 4.78 is 3.33. The van der Waals surface area contributed by atoms with Crippen LogP contribution < -0.4 is 5.69 Å². The average Bonchev–Trinajstić information content (AvgIpc) is 3.38. The minimum Gasteiger partial charge on any atom is -0.274 e. The van der Waals surface area contributed by atoms with Crippen LogP contribution in [0.5, 0.6) is 0 Å². The molecule has 0 amide bonds. The molecular weight excluding hydrogens is 378 g/mol. The van der Waals surface area contributed by atoms with Gasteiger partial charge in [-0.25, -0.2) is 14.6 Å². The molecule has 0 saturated heterocycles. The van der Waals surface area contributed by atoms with E-state index in [0.29, 0.717) is 12.4 Å². The molecule has 2 aromatic carbocycles. The largest absolute Gasteiger partial charge is 0.346 e. The van der Waals surface area contributed by atoms with E-state index < -0.39 is 0 Å². The Morgan fingerprint density at radius 3 is 2.27 bits per heavy atom. The summed E-state index contributed by atoms with van der Waals surface area (Å²) in [6.07, 6.45) is 0. The van der Waals surface area contributed by atoms with Crippen molar-refractivity contribution in [3.8, 4) is 22.5 Å². The molecule has 1 N–H and O–H groups in total. The maximum Gasteiger partial charge on any atom is 0.346 e. The molecule has 0 saturated carbocycles. The van der Waals surface area contributed by atoms with Crippen LogP contribution in [0.2, 0.25) is 0 Å². The van der Waals surface area contributed by atoms with Crippen molar-refractivity contribution in [2.75, 3.05) is 0 Å². The highest BCUT2D eigenvalue weighted by Crippen LogP contribution is 2.29.